The topological polar surface area (TPSA) is 36.4 Å². The van der Waals surface area contributed by atoms with Crippen LogP contribution in [0, 0.1) is 5.82 Å². The first-order chi connectivity index (χ1) is 13.6. The summed E-state index contributed by atoms with van der Waals surface area (Å²) in [5, 5.41) is 3.66. The smallest absolute Gasteiger partial charge is 0.253 e. The summed E-state index contributed by atoms with van der Waals surface area (Å²) in [4.78, 5) is 21.4. The number of aromatic nitrogens is 1. The van der Waals surface area contributed by atoms with Gasteiger partial charge in [-0.3, -0.25) is 9.69 Å². The summed E-state index contributed by atoms with van der Waals surface area (Å²) in [6.45, 7) is 3.76. The first kappa shape index (κ1) is 19.1. The van der Waals surface area contributed by atoms with Crippen LogP contribution in [0.2, 0.25) is 5.02 Å². The van der Waals surface area contributed by atoms with Crippen LogP contribution >= 0.6 is 22.9 Å². The van der Waals surface area contributed by atoms with E-state index in [1.54, 1.807) is 47.7 Å². The first-order valence-electron chi connectivity index (χ1n) is 9.06. The average Bonchev–Trinajstić information content (AvgIpc) is 3.18. The molecule has 0 bridgehead atoms. The Labute approximate surface area is 172 Å². The first-order valence-corrected chi connectivity index (χ1v) is 10.3. The fraction of sp³-hybridized carbons (Fsp3) is 0.238. The third kappa shape index (κ3) is 4.41. The molecule has 0 radical (unpaired) electrons. The van der Waals surface area contributed by atoms with Gasteiger partial charge >= 0.3 is 0 Å². The molecule has 0 spiro atoms. The van der Waals surface area contributed by atoms with Crippen molar-refractivity contribution < 1.29 is 9.18 Å². The van der Waals surface area contributed by atoms with Crippen LogP contribution < -0.4 is 0 Å². The molecule has 0 saturated carbocycles. The summed E-state index contributed by atoms with van der Waals surface area (Å²) in [7, 11) is 0. The van der Waals surface area contributed by atoms with Crippen molar-refractivity contribution >= 4 is 28.8 Å². The van der Waals surface area contributed by atoms with Gasteiger partial charge in [-0.15, -0.1) is 11.3 Å². The normalized spacial score (nSPS) is 15.0. The summed E-state index contributed by atoms with van der Waals surface area (Å²) in [6, 6.07) is 13.4. The van der Waals surface area contributed by atoms with Crippen molar-refractivity contribution in [2.45, 2.75) is 6.54 Å². The second kappa shape index (κ2) is 8.39. The van der Waals surface area contributed by atoms with Gasteiger partial charge in [0.15, 0.2) is 0 Å². The molecule has 0 aliphatic carbocycles. The zero-order valence-electron chi connectivity index (χ0n) is 15.1. The Hall–Kier alpha value is -2.28. The summed E-state index contributed by atoms with van der Waals surface area (Å²) < 4.78 is 13.1. The van der Waals surface area contributed by atoms with E-state index >= 15 is 0 Å². The van der Waals surface area contributed by atoms with Gasteiger partial charge in [0.25, 0.3) is 5.91 Å². The van der Waals surface area contributed by atoms with E-state index in [0.29, 0.717) is 23.7 Å². The standard InChI is InChI=1S/C21H19ClFN3OS/c22-17-5-1-16(2-6-17)21(27)26-11-9-25(10-12-26)13-20-24-19(14-28-20)15-3-7-18(23)8-4-15/h1-8,14H,9-13H2. The second-order valence-corrected chi connectivity index (χ2v) is 8.09. The zero-order chi connectivity index (χ0) is 19.5. The lowest BCUT2D eigenvalue weighted by Gasteiger charge is -2.34. The predicted molar refractivity (Wildman–Crippen MR) is 110 cm³/mol. The number of benzene rings is 2. The fourth-order valence-corrected chi connectivity index (χ4v) is 4.18. The number of hydrogen-bond donors (Lipinski definition) is 0. The fourth-order valence-electron chi connectivity index (χ4n) is 3.21. The lowest BCUT2D eigenvalue weighted by Crippen LogP contribution is -2.48. The molecule has 1 fully saturated rings. The SMILES string of the molecule is O=C(c1ccc(Cl)cc1)N1CCN(Cc2nc(-c3ccc(F)cc3)cs2)CC1. The van der Waals surface area contributed by atoms with E-state index in [9.17, 15) is 9.18 Å². The molecule has 0 atom stereocenters. The third-order valence-corrected chi connectivity index (χ3v) is 5.89. The van der Waals surface area contributed by atoms with E-state index in [-0.39, 0.29) is 11.7 Å². The minimum Gasteiger partial charge on any atom is -0.336 e. The highest BCUT2D eigenvalue weighted by molar-refractivity contribution is 7.09. The van der Waals surface area contributed by atoms with Crippen molar-refractivity contribution in [1.82, 2.24) is 14.8 Å². The third-order valence-electron chi connectivity index (χ3n) is 4.80. The van der Waals surface area contributed by atoms with Crippen molar-refractivity contribution in [3.05, 3.63) is 75.3 Å². The van der Waals surface area contributed by atoms with Crippen molar-refractivity contribution in [3.8, 4) is 11.3 Å². The molecule has 1 saturated heterocycles. The zero-order valence-corrected chi connectivity index (χ0v) is 16.7. The van der Waals surface area contributed by atoms with Crippen LogP contribution in [0.15, 0.2) is 53.9 Å². The van der Waals surface area contributed by atoms with E-state index in [4.69, 9.17) is 11.6 Å². The number of halogens is 2. The van der Waals surface area contributed by atoms with Crippen LogP contribution in [0.3, 0.4) is 0 Å². The quantitative estimate of drug-likeness (QED) is 0.626. The average molecular weight is 416 g/mol. The number of amides is 1. The molecule has 4 nitrogen and oxygen atoms in total. The largest absolute Gasteiger partial charge is 0.336 e. The summed E-state index contributed by atoms with van der Waals surface area (Å²) in [5.74, 6) is -0.200. The van der Waals surface area contributed by atoms with E-state index < -0.39 is 0 Å². The minimum atomic E-state index is -0.245. The molecule has 2 heterocycles. The van der Waals surface area contributed by atoms with Crippen molar-refractivity contribution in [2.75, 3.05) is 26.2 Å². The maximum Gasteiger partial charge on any atom is 0.253 e. The molecule has 1 aliphatic rings. The molecule has 7 heteroatoms. The molecule has 4 rings (SSSR count). The Kier molecular flexibility index (Phi) is 5.71. The van der Waals surface area contributed by atoms with Gasteiger partial charge in [0.05, 0.1) is 12.2 Å². The number of piperazine rings is 1. The van der Waals surface area contributed by atoms with Crippen molar-refractivity contribution in [2.24, 2.45) is 0 Å². The highest BCUT2D eigenvalue weighted by atomic mass is 35.5. The Morgan fingerprint density at radius 2 is 1.71 bits per heavy atom. The van der Waals surface area contributed by atoms with Gasteiger partial charge in [0, 0.05) is 47.7 Å². The van der Waals surface area contributed by atoms with Crippen LogP contribution in [-0.4, -0.2) is 46.9 Å². The maximum absolute atomic E-state index is 13.1. The van der Waals surface area contributed by atoms with Crippen molar-refractivity contribution in [1.29, 1.82) is 0 Å². The van der Waals surface area contributed by atoms with Gasteiger partial charge in [-0.1, -0.05) is 11.6 Å². The van der Waals surface area contributed by atoms with E-state index in [1.165, 1.54) is 12.1 Å². The summed E-state index contributed by atoms with van der Waals surface area (Å²) in [5.41, 5.74) is 2.46. The molecular formula is C21H19ClFN3OS. The molecule has 1 aliphatic heterocycles. The van der Waals surface area contributed by atoms with Gasteiger partial charge in [-0.25, -0.2) is 9.37 Å². The van der Waals surface area contributed by atoms with Gasteiger partial charge < -0.3 is 4.90 Å². The molecule has 0 N–H and O–H groups in total. The van der Waals surface area contributed by atoms with E-state index in [2.05, 4.69) is 9.88 Å². The van der Waals surface area contributed by atoms with Gasteiger partial charge in [0.2, 0.25) is 0 Å². The van der Waals surface area contributed by atoms with Crippen molar-refractivity contribution in [3.63, 3.8) is 0 Å². The molecule has 1 amide bonds. The number of carbonyl (C=O) groups excluding carboxylic acids is 1. The van der Waals surface area contributed by atoms with Crippen LogP contribution in [0.4, 0.5) is 4.39 Å². The molecule has 2 aromatic carbocycles. The highest BCUT2D eigenvalue weighted by Crippen LogP contribution is 2.23. The number of hydrogen-bond acceptors (Lipinski definition) is 4. The monoisotopic (exact) mass is 415 g/mol. The Morgan fingerprint density at radius 3 is 2.39 bits per heavy atom. The van der Waals surface area contributed by atoms with Crippen LogP contribution in [0.5, 0.6) is 0 Å². The Bertz CT molecular complexity index is 951. The maximum atomic E-state index is 13.1. The number of carbonyl (C=O) groups is 1. The van der Waals surface area contributed by atoms with Crippen LogP contribution in [-0.2, 0) is 6.54 Å². The van der Waals surface area contributed by atoms with Crippen LogP contribution in [0.25, 0.3) is 11.3 Å². The van der Waals surface area contributed by atoms with Gasteiger partial charge in [0.1, 0.15) is 10.8 Å². The lowest BCUT2D eigenvalue weighted by atomic mass is 10.2. The van der Waals surface area contributed by atoms with E-state index in [1.807, 2.05) is 10.3 Å². The number of nitrogens with zero attached hydrogens (tertiary/aromatic N) is 3. The van der Waals surface area contributed by atoms with Gasteiger partial charge in [-0.05, 0) is 48.5 Å². The van der Waals surface area contributed by atoms with E-state index in [0.717, 1.165) is 35.9 Å². The molecule has 1 aromatic heterocycles. The summed E-state index contributed by atoms with van der Waals surface area (Å²) in [6.07, 6.45) is 0. The minimum absolute atomic E-state index is 0.0455. The molecule has 144 valence electrons. The van der Waals surface area contributed by atoms with Crippen LogP contribution in [0.1, 0.15) is 15.4 Å². The molecule has 3 aromatic rings. The highest BCUT2D eigenvalue weighted by Gasteiger charge is 2.22. The molecule has 28 heavy (non-hydrogen) atoms. The Morgan fingerprint density at radius 1 is 1.04 bits per heavy atom. The number of thiazole rings is 1. The lowest BCUT2D eigenvalue weighted by molar-refractivity contribution is 0.0628. The molecular weight excluding hydrogens is 397 g/mol. The summed E-state index contributed by atoms with van der Waals surface area (Å²) >= 11 is 7.50. The number of rotatable bonds is 4. The second-order valence-electron chi connectivity index (χ2n) is 6.71. The van der Waals surface area contributed by atoms with Gasteiger partial charge in [-0.2, -0.15) is 0 Å². The predicted octanol–water partition coefficient (Wildman–Crippen LogP) is 4.56. The molecule has 0 unspecified atom stereocenters. The Balaban J connectivity index is 1.33.